The number of carbonyl (C=O) groups excluding carboxylic acids is 7. The van der Waals surface area contributed by atoms with Crippen molar-refractivity contribution in [2.45, 2.75) is 260 Å². The van der Waals surface area contributed by atoms with Gasteiger partial charge in [0.05, 0.1) is 33.9 Å². The highest BCUT2D eigenvalue weighted by Gasteiger charge is 2.61. The molecule has 3 unspecified atom stereocenters. The Hall–Kier alpha value is -3.75. The summed E-state index contributed by atoms with van der Waals surface area (Å²) in [5.41, 5.74) is -3.44. The number of hydrogen-bond acceptors (Lipinski definition) is 15. The maximum absolute atomic E-state index is 12.5. The lowest BCUT2D eigenvalue weighted by Crippen LogP contribution is -2.61. The lowest BCUT2D eigenvalue weighted by Gasteiger charge is -2.59. The van der Waals surface area contributed by atoms with Crippen LogP contribution in [0.25, 0.3) is 0 Å². The molecule has 13 aliphatic rings. The molecule has 12 bridgehead atoms. The van der Waals surface area contributed by atoms with E-state index in [0.29, 0.717) is 67.8 Å². The van der Waals surface area contributed by atoms with Crippen LogP contribution in [0.3, 0.4) is 0 Å². The molecule has 0 radical (unpaired) electrons. The van der Waals surface area contributed by atoms with Crippen LogP contribution in [0, 0.1) is 80.8 Å². The summed E-state index contributed by atoms with van der Waals surface area (Å²) in [6.07, 6.45) is 20.9. The minimum absolute atomic E-state index is 0.0185. The molecule has 1 N–H and O–H groups in total. The average molecular weight is 1110 g/mol. The fourth-order valence-electron chi connectivity index (χ4n) is 15.7. The zero-order valence-electron chi connectivity index (χ0n) is 51.0. The van der Waals surface area contributed by atoms with Crippen molar-refractivity contribution in [3.8, 4) is 0 Å². The number of rotatable bonds is 16. The van der Waals surface area contributed by atoms with Crippen LogP contribution in [0.4, 0.5) is 0 Å². The van der Waals surface area contributed by atoms with Crippen LogP contribution in [0.2, 0.25) is 0 Å². The van der Waals surface area contributed by atoms with E-state index in [1.54, 1.807) is 27.7 Å². The molecule has 1 heterocycles. The van der Waals surface area contributed by atoms with Crippen molar-refractivity contribution < 1.29 is 71.8 Å². The molecule has 0 spiro atoms. The van der Waals surface area contributed by atoms with Gasteiger partial charge < -0.3 is 38.3 Å². The third kappa shape index (κ3) is 14.2. The second kappa shape index (κ2) is 23.8. The Balaban J connectivity index is 0.000000157. The number of aliphatic hydroxyl groups is 1. The van der Waals surface area contributed by atoms with Gasteiger partial charge in [0.1, 0.15) is 16.8 Å². The second-order valence-corrected chi connectivity index (χ2v) is 29.6. The number of cyclic esters (lactones) is 1. The van der Waals surface area contributed by atoms with Gasteiger partial charge in [-0.15, -0.1) is 0 Å². The van der Waals surface area contributed by atoms with E-state index in [9.17, 15) is 38.7 Å². The SMILES string of the molecule is CCC(C)(C)C(=O)OC1(C)C2CC3CC(C2)CC1C3.CCC(C)(C)C(=O)OC12CC3CC(CC(O)(C3)C1)C2.CCC(C)(C)C(=O)OC1CCOC1=O.CCC(C)(C)C(=O)OCC(=O)OCC(=O)OC1(C)C2CC3CC(C2)CC1C3. The molecule has 3 atom stereocenters. The van der Waals surface area contributed by atoms with Gasteiger partial charge in [-0.05, 0) is 250 Å². The summed E-state index contributed by atoms with van der Waals surface area (Å²) in [6.45, 7) is 26.6. The summed E-state index contributed by atoms with van der Waals surface area (Å²) in [4.78, 5) is 83.4. The normalized spacial score (nSPS) is 36.9. The van der Waals surface area contributed by atoms with Gasteiger partial charge in [0.2, 0.25) is 6.10 Å². The van der Waals surface area contributed by atoms with Gasteiger partial charge in [-0.25, -0.2) is 14.4 Å². The Bertz CT molecular complexity index is 2170. The van der Waals surface area contributed by atoms with Crippen molar-refractivity contribution in [1.82, 2.24) is 0 Å². The third-order valence-corrected chi connectivity index (χ3v) is 22.0. The van der Waals surface area contributed by atoms with E-state index in [0.717, 1.165) is 87.9 Å². The Kier molecular flexibility index (Phi) is 19.0. The van der Waals surface area contributed by atoms with Crippen LogP contribution in [0.5, 0.6) is 0 Å². The molecule has 0 aromatic carbocycles. The Labute approximate surface area is 472 Å². The van der Waals surface area contributed by atoms with Crippen LogP contribution in [-0.4, -0.2) is 95.2 Å². The van der Waals surface area contributed by atoms with Gasteiger partial charge in [-0.1, -0.05) is 27.7 Å². The second-order valence-electron chi connectivity index (χ2n) is 29.6. The van der Waals surface area contributed by atoms with Gasteiger partial charge in [0.25, 0.3) is 0 Å². The average Bonchev–Trinajstić information content (AvgIpc) is 3.81. The first-order valence-electron chi connectivity index (χ1n) is 30.8. The van der Waals surface area contributed by atoms with E-state index in [2.05, 4.69) is 20.8 Å². The summed E-state index contributed by atoms with van der Waals surface area (Å²) in [7, 11) is 0. The van der Waals surface area contributed by atoms with Crippen LogP contribution in [-0.2, 0) is 66.7 Å². The predicted molar refractivity (Wildman–Crippen MR) is 295 cm³/mol. The molecule has 1 saturated heterocycles. The lowest BCUT2D eigenvalue weighted by molar-refractivity contribution is -0.225. The van der Waals surface area contributed by atoms with E-state index < -0.39 is 70.6 Å². The molecule has 15 nitrogen and oxygen atoms in total. The van der Waals surface area contributed by atoms with Crippen molar-refractivity contribution in [2.24, 2.45) is 80.8 Å². The number of carbonyl (C=O) groups is 7. The third-order valence-electron chi connectivity index (χ3n) is 22.0. The van der Waals surface area contributed by atoms with Crippen LogP contribution in [0.1, 0.15) is 232 Å². The smallest absolute Gasteiger partial charge is 0.347 e. The number of hydrogen-bond donors (Lipinski definition) is 1. The first kappa shape index (κ1) is 62.8. The van der Waals surface area contributed by atoms with Crippen LogP contribution >= 0.6 is 0 Å². The molecule has 448 valence electrons. The number of ether oxygens (including phenoxy) is 7. The summed E-state index contributed by atoms with van der Waals surface area (Å²) in [6, 6.07) is 0. The minimum atomic E-state index is -0.734. The first-order chi connectivity index (χ1) is 36.7. The van der Waals surface area contributed by atoms with E-state index in [1.807, 2.05) is 48.5 Å². The molecule has 0 aromatic rings. The Morgan fingerprint density at radius 1 is 0.494 bits per heavy atom. The first-order valence-corrected chi connectivity index (χ1v) is 30.8. The minimum Gasteiger partial charge on any atom is -0.463 e. The summed E-state index contributed by atoms with van der Waals surface area (Å²) >= 11 is 0. The molecule has 12 saturated carbocycles. The molecular formula is C64H102O15. The summed E-state index contributed by atoms with van der Waals surface area (Å²) in [5.74, 6) is 4.12. The fraction of sp³-hybridized carbons (Fsp3) is 0.891. The van der Waals surface area contributed by atoms with E-state index in [4.69, 9.17) is 33.2 Å². The molecule has 0 amide bonds. The molecular weight excluding hydrogens is 1010 g/mol. The summed E-state index contributed by atoms with van der Waals surface area (Å²) in [5, 5.41) is 10.6. The van der Waals surface area contributed by atoms with Crippen molar-refractivity contribution in [2.75, 3.05) is 19.8 Å². The van der Waals surface area contributed by atoms with E-state index >= 15 is 0 Å². The van der Waals surface area contributed by atoms with Crippen LogP contribution in [0.15, 0.2) is 0 Å². The standard InChI is InChI=1S/C21H32O6.C17H28O2.C16H26O3.C10H16O4/c1-5-20(2,3)19(24)26-11-17(22)25-12-18(23)27-21(4)15-7-13-6-14(9-15)10-16(21)8-13;1-5-16(2,3)15(18)19-17(4)13-7-11-6-12(9-13)10-14(17)8-11;1-4-14(2,3)13(17)19-16-8-11-5-12(9-16)7-15(18,6-11)10-16;1-4-10(2,3)9(12)14-7-5-6-13-8(7)11/h13-16H,5-12H2,1-4H3;11-14H,5-10H2,1-4H3;11-12,18H,4-10H2,1-3H3;7H,4-6H2,1-3H3. The zero-order chi connectivity index (χ0) is 58.3. The quantitative estimate of drug-likeness (QED) is 0.113. The van der Waals surface area contributed by atoms with Gasteiger partial charge >= 0.3 is 41.8 Å². The van der Waals surface area contributed by atoms with Gasteiger partial charge in [0.15, 0.2) is 13.2 Å². The molecule has 79 heavy (non-hydrogen) atoms. The number of esters is 7. The molecule has 1 aliphatic heterocycles. The van der Waals surface area contributed by atoms with Gasteiger partial charge in [-0.2, -0.15) is 0 Å². The van der Waals surface area contributed by atoms with Crippen molar-refractivity contribution >= 4 is 41.8 Å². The van der Waals surface area contributed by atoms with E-state index in [-0.39, 0.29) is 34.5 Å². The highest BCUT2D eigenvalue weighted by molar-refractivity contribution is 5.83. The van der Waals surface area contributed by atoms with Crippen molar-refractivity contribution in [3.63, 3.8) is 0 Å². The highest BCUT2D eigenvalue weighted by Crippen LogP contribution is 2.62. The maximum atomic E-state index is 12.5. The highest BCUT2D eigenvalue weighted by atomic mass is 16.6. The molecule has 0 aromatic heterocycles. The molecule has 13 rings (SSSR count). The molecule has 13 fully saturated rings. The van der Waals surface area contributed by atoms with Gasteiger partial charge in [0, 0.05) is 12.8 Å². The van der Waals surface area contributed by atoms with E-state index in [1.165, 1.54) is 44.9 Å². The zero-order valence-corrected chi connectivity index (χ0v) is 51.0. The van der Waals surface area contributed by atoms with Crippen molar-refractivity contribution in [3.05, 3.63) is 0 Å². The predicted octanol–water partition coefficient (Wildman–Crippen LogP) is 11.8. The molecule has 15 heteroatoms. The monoisotopic (exact) mass is 1110 g/mol. The lowest BCUT2D eigenvalue weighted by atomic mass is 9.50. The van der Waals surface area contributed by atoms with Gasteiger partial charge in [-0.3, -0.25) is 19.2 Å². The summed E-state index contributed by atoms with van der Waals surface area (Å²) < 4.78 is 37.6. The largest absolute Gasteiger partial charge is 0.463 e. The fourth-order valence-corrected chi connectivity index (χ4v) is 15.7. The Morgan fingerprint density at radius 3 is 1.28 bits per heavy atom. The Morgan fingerprint density at radius 2 is 0.873 bits per heavy atom. The van der Waals surface area contributed by atoms with Crippen molar-refractivity contribution in [1.29, 1.82) is 0 Å². The maximum Gasteiger partial charge on any atom is 0.347 e. The van der Waals surface area contributed by atoms with Crippen LogP contribution < -0.4 is 0 Å². The topological polar surface area (TPSA) is 204 Å². The molecule has 12 aliphatic carbocycles.